The van der Waals surface area contributed by atoms with Gasteiger partial charge >= 0.3 is 5.97 Å². The van der Waals surface area contributed by atoms with Gasteiger partial charge in [-0.1, -0.05) is 11.6 Å². The molecule has 1 heterocycles. The molecule has 18 heavy (non-hydrogen) atoms. The lowest BCUT2D eigenvalue weighted by atomic mass is 10.2. The zero-order chi connectivity index (χ0) is 13.7. The minimum absolute atomic E-state index is 0.0300. The van der Waals surface area contributed by atoms with Crippen LogP contribution in [0.3, 0.4) is 0 Å². The standard InChI is InChI=1S/C12H14ClN3O2/c1-8(2)16(7-3-6-14)11-9(12(17)18)4-5-10(13)15-11/h4-5,8H,3,7H2,1-2H3,(H,17,18). The molecule has 0 spiro atoms. The number of hydrogen-bond acceptors (Lipinski definition) is 4. The number of aromatic carboxylic acids is 1. The van der Waals surface area contributed by atoms with E-state index in [1.165, 1.54) is 12.1 Å². The minimum atomic E-state index is -1.06. The Bertz CT molecular complexity index is 483. The van der Waals surface area contributed by atoms with E-state index in [-0.39, 0.29) is 16.8 Å². The Labute approximate surface area is 111 Å². The molecule has 0 saturated carbocycles. The first-order valence-corrected chi connectivity index (χ1v) is 5.88. The average molecular weight is 268 g/mol. The SMILES string of the molecule is CC(C)N(CCC#N)c1nc(Cl)ccc1C(=O)O. The third-order valence-corrected chi connectivity index (χ3v) is 2.64. The lowest BCUT2D eigenvalue weighted by molar-refractivity contribution is 0.0697. The summed E-state index contributed by atoms with van der Waals surface area (Å²) in [5, 5.41) is 18.0. The smallest absolute Gasteiger partial charge is 0.339 e. The second kappa shape index (κ2) is 6.22. The maximum absolute atomic E-state index is 11.2. The summed E-state index contributed by atoms with van der Waals surface area (Å²) in [5.74, 6) is -0.753. The number of halogens is 1. The van der Waals surface area contributed by atoms with Crippen LogP contribution in [0.25, 0.3) is 0 Å². The van der Waals surface area contributed by atoms with Crippen molar-refractivity contribution in [2.45, 2.75) is 26.3 Å². The molecule has 0 unspecified atom stereocenters. The average Bonchev–Trinajstić information content (AvgIpc) is 2.28. The van der Waals surface area contributed by atoms with Gasteiger partial charge in [0.2, 0.25) is 0 Å². The monoisotopic (exact) mass is 267 g/mol. The minimum Gasteiger partial charge on any atom is -0.478 e. The van der Waals surface area contributed by atoms with Crippen LogP contribution in [0.4, 0.5) is 5.82 Å². The van der Waals surface area contributed by atoms with Gasteiger partial charge in [-0.3, -0.25) is 0 Å². The van der Waals surface area contributed by atoms with Gasteiger partial charge in [-0.05, 0) is 26.0 Å². The summed E-state index contributed by atoms with van der Waals surface area (Å²) in [4.78, 5) is 17.0. The molecule has 0 atom stereocenters. The summed E-state index contributed by atoms with van der Waals surface area (Å²) in [7, 11) is 0. The van der Waals surface area contributed by atoms with Gasteiger partial charge in [0.1, 0.15) is 16.5 Å². The number of carboxylic acid groups (broad SMARTS) is 1. The van der Waals surface area contributed by atoms with E-state index in [1.807, 2.05) is 19.9 Å². The van der Waals surface area contributed by atoms with E-state index in [9.17, 15) is 4.79 Å². The quantitative estimate of drug-likeness (QED) is 0.830. The van der Waals surface area contributed by atoms with Crippen molar-refractivity contribution in [1.82, 2.24) is 4.98 Å². The Morgan fingerprint density at radius 3 is 2.78 bits per heavy atom. The van der Waals surface area contributed by atoms with Crippen molar-refractivity contribution in [2.24, 2.45) is 0 Å². The summed E-state index contributed by atoms with van der Waals surface area (Å²) in [6.07, 6.45) is 0.297. The van der Waals surface area contributed by atoms with Crippen LogP contribution in [0.2, 0.25) is 5.15 Å². The molecule has 0 radical (unpaired) electrons. The topological polar surface area (TPSA) is 77.2 Å². The first kappa shape index (κ1) is 14.3. The third kappa shape index (κ3) is 3.34. The highest BCUT2D eigenvalue weighted by Crippen LogP contribution is 2.23. The highest BCUT2D eigenvalue weighted by atomic mass is 35.5. The summed E-state index contributed by atoms with van der Waals surface area (Å²) in [6, 6.07) is 4.93. The number of carbonyl (C=O) groups is 1. The number of nitrogens with zero attached hydrogens (tertiary/aromatic N) is 3. The van der Waals surface area contributed by atoms with E-state index >= 15 is 0 Å². The summed E-state index contributed by atoms with van der Waals surface area (Å²) < 4.78 is 0. The molecular weight excluding hydrogens is 254 g/mol. The van der Waals surface area contributed by atoms with Crippen molar-refractivity contribution >= 4 is 23.4 Å². The van der Waals surface area contributed by atoms with Crippen molar-refractivity contribution in [1.29, 1.82) is 5.26 Å². The largest absolute Gasteiger partial charge is 0.478 e. The maximum Gasteiger partial charge on any atom is 0.339 e. The van der Waals surface area contributed by atoms with Crippen LogP contribution in [-0.4, -0.2) is 28.6 Å². The lowest BCUT2D eigenvalue weighted by Gasteiger charge is -2.28. The molecule has 0 fully saturated rings. The van der Waals surface area contributed by atoms with Crippen molar-refractivity contribution in [3.63, 3.8) is 0 Å². The van der Waals surface area contributed by atoms with E-state index < -0.39 is 5.97 Å². The number of carboxylic acids is 1. The van der Waals surface area contributed by atoms with E-state index in [4.69, 9.17) is 22.0 Å². The molecular formula is C12H14ClN3O2. The first-order valence-electron chi connectivity index (χ1n) is 5.50. The number of anilines is 1. The third-order valence-electron chi connectivity index (χ3n) is 2.43. The number of rotatable bonds is 5. The second-order valence-electron chi connectivity index (χ2n) is 4.01. The molecule has 1 rings (SSSR count). The molecule has 0 bridgehead atoms. The molecule has 0 saturated heterocycles. The Morgan fingerprint density at radius 2 is 2.28 bits per heavy atom. The predicted octanol–water partition coefficient (Wildman–Crippen LogP) is 2.56. The number of pyridine rings is 1. The molecule has 0 aliphatic rings. The van der Waals surface area contributed by atoms with Gasteiger partial charge in [-0.15, -0.1) is 0 Å². The number of hydrogen-bond donors (Lipinski definition) is 1. The van der Waals surface area contributed by atoms with Crippen LogP contribution in [0.1, 0.15) is 30.6 Å². The van der Waals surface area contributed by atoms with Crippen LogP contribution in [-0.2, 0) is 0 Å². The van der Waals surface area contributed by atoms with Crippen LogP contribution in [0.5, 0.6) is 0 Å². The van der Waals surface area contributed by atoms with Gasteiger partial charge in [0, 0.05) is 12.6 Å². The Kier molecular flexibility index (Phi) is 4.93. The van der Waals surface area contributed by atoms with Crippen LogP contribution in [0.15, 0.2) is 12.1 Å². The van der Waals surface area contributed by atoms with Gasteiger partial charge in [-0.2, -0.15) is 5.26 Å². The number of nitriles is 1. The molecule has 1 aromatic rings. The van der Waals surface area contributed by atoms with E-state index in [1.54, 1.807) is 4.90 Å². The molecule has 0 aromatic carbocycles. The van der Waals surface area contributed by atoms with E-state index in [0.717, 1.165) is 0 Å². The van der Waals surface area contributed by atoms with Crippen molar-refractivity contribution in [3.05, 3.63) is 22.8 Å². The second-order valence-corrected chi connectivity index (χ2v) is 4.39. The summed E-state index contributed by atoms with van der Waals surface area (Å²) in [5.41, 5.74) is 0.0889. The van der Waals surface area contributed by atoms with Gasteiger partial charge < -0.3 is 10.0 Å². The molecule has 5 nitrogen and oxygen atoms in total. The summed E-state index contributed by atoms with van der Waals surface area (Å²) in [6.45, 7) is 4.24. The maximum atomic E-state index is 11.2. The fraction of sp³-hybridized carbons (Fsp3) is 0.417. The highest BCUT2D eigenvalue weighted by molar-refractivity contribution is 6.29. The molecule has 1 aromatic heterocycles. The van der Waals surface area contributed by atoms with Crippen LogP contribution < -0.4 is 4.90 Å². The van der Waals surface area contributed by atoms with E-state index in [0.29, 0.717) is 18.8 Å². The molecule has 96 valence electrons. The van der Waals surface area contributed by atoms with Gasteiger partial charge in [0.05, 0.1) is 12.5 Å². The molecule has 0 amide bonds. The van der Waals surface area contributed by atoms with Crippen LogP contribution in [0, 0.1) is 11.3 Å². The van der Waals surface area contributed by atoms with Crippen molar-refractivity contribution in [2.75, 3.05) is 11.4 Å². The molecule has 1 N–H and O–H groups in total. The first-order chi connectivity index (χ1) is 8.47. The summed E-state index contributed by atoms with van der Waals surface area (Å²) >= 11 is 5.81. The lowest BCUT2D eigenvalue weighted by Crippen LogP contribution is -2.33. The molecule has 0 aliphatic heterocycles. The predicted molar refractivity (Wildman–Crippen MR) is 68.9 cm³/mol. The van der Waals surface area contributed by atoms with Gasteiger partial charge in [0.25, 0.3) is 0 Å². The molecule has 0 aliphatic carbocycles. The van der Waals surface area contributed by atoms with Crippen molar-refractivity contribution < 1.29 is 9.90 Å². The zero-order valence-electron chi connectivity index (χ0n) is 10.2. The van der Waals surface area contributed by atoms with Crippen molar-refractivity contribution in [3.8, 4) is 6.07 Å². The van der Waals surface area contributed by atoms with Gasteiger partial charge in [-0.25, -0.2) is 9.78 Å². The Balaban J connectivity index is 3.21. The van der Waals surface area contributed by atoms with E-state index in [2.05, 4.69) is 4.98 Å². The fourth-order valence-corrected chi connectivity index (χ4v) is 1.73. The number of aromatic nitrogens is 1. The highest BCUT2D eigenvalue weighted by Gasteiger charge is 2.20. The fourth-order valence-electron chi connectivity index (χ4n) is 1.59. The Morgan fingerprint density at radius 1 is 1.61 bits per heavy atom. The Hall–Kier alpha value is -1.80. The zero-order valence-corrected chi connectivity index (χ0v) is 11.0. The normalized spacial score (nSPS) is 10.2. The van der Waals surface area contributed by atoms with Crippen LogP contribution >= 0.6 is 11.6 Å². The van der Waals surface area contributed by atoms with Gasteiger partial charge in [0.15, 0.2) is 0 Å². The molecule has 6 heteroatoms.